The predicted molar refractivity (Wildman–Crippen MR) is 58.4 cm³/mol. The summed E-state index contributed by atoms with van der Waals surface area (Å²) >= 11 is 5.63. The summed E-state index contributed by atoms with van der Waals surface area (Å²) in [7, 11) is 1.59. The molecule has 0 amide bonds. The van der Waals surface area contributed by atoms with Crippen molar-refractivity contribution in [2.75, 3.05) is 5.88 Å². The van der Waals surface area contributed by atoms with Crippen LogP contribution in [0.1, 0.15) is 12.7 Å². The van der Waals surface area contributed by atoms with E-state index in [0.29, 0.717) is 18.2 Å². The van der Waals surface area contributed by atoms with E-state index in [1.807, 2.05) is 6.92 Å². The van der Waals surface area contributed by atoms with Crippen molar-refractivity contribution in [1.29, 1.82) is 0 Å². The molecule has 0 fully saturated rings. The predicted octanol–water partition coefficient (Wildman–Crippen LogP) is 0.125. The lowest BCUT2D eigenvalue weighted by Gasteiger charge is -2.11. The lowest BCUT2D eigenvalue weighted by atomic mass is 10.2. The summed E-state index contributed by atoms with van der Waals surface area (Å²) < 4.78 is 2.46. The number of aryl methyl sites for hydroxylation is 1. The minimum Gasteiger partial charge on any atom is -0.285 e. The molecule has 1 unspecified atom stereocenters. The van der Waals surface area contributed by atoms with E-state index in [0.717, 1.165) is 4.57 Å². The second kappa shape index (κ2) is 4.61. The molecule has 0 spiro atoms. The van der Waals surface area contributed by atoms with Crippen molar-refractivity contribution >= 4 is 11.6 Å². The lowest BCUT2D eigenvalue weighted by molar-refractivity contribution is 0.465. The van der Waals surface area contributed by atoms with Gasteiger partial charge in [0.1, 0.15) is 5.82 Å². The highest BCUT2D eigenvalue weighted by atomic mass is 35.5. The molecule has 0 aliphatic heterocycles. The first kappa shape index (κ1) is 12.0. The third-order valence-electron chi connectivity index (χ3n) is 2.25. The van der Waals surface area contributed by atoms with Gasteiger partial charge in [-0.3, -0.25) is 4.57 Å². The van der Waals surface area contributed by atoms with Gasteiger partial charge in [0.25, 0.3) is 0 Å². The molecule has 0 aromatic carbocycles. The van der Waals surface area contributed by atoms with Crippen LogP contribution in [0.3, 0.4) is 0 Å². The summed E-state index contributed by atoms with van der Waals surface area (Å²) in [5, 5.41) is 0. The van der Waals surface area contributed by atoms with Crippen molar-refractivity contribution in [2.45, 2.75) is 20.4 Å². The molecule has 0 aliphatic carbocycles. The van der Waals surface area contributed by atoms with Crippen LogP contribution >= 0.6 is 11.6 Å². The smallest absolute Gasteiger partial charge is 0.285 e. The van der Waals surface area contributed by atoms with Crippen molar-refractivity contribution in [3.8, 4) is 0 Å². The SMILES string of the molecule is Cc1nc(=O)n(CC(C)CCl)c(=O)n1C. The van der Waals surface area contributed by atoms with Gasteiger partial charge in [0.15, 0.2) is 0 Å². The van der Waals surface area contributed by atoms with Gasteiger partial charge < -0.3 is 0 Å². The molecule has 0 aliphatic rings. The maximum atomic E-state index is 11.7. The second-order valence-electron chi connectivity index (χ2n) is 3.65. The number of rotatable bonds is 3. The van der Waals surface area contributed by atoms with Crippen LogP contribution in [0, 0.1) is 12.8 Å². The fourth-order valence-electron chi connectivity index (χ4n) is 1.19. The number of halogens is 1. The first-order valence-corrected chi connectivity index (χ1v) is 5.21. The summed E-state index contributed by atoms with van der Waals surface area (Å²) in [4.78, 5) is 26.9. The Kier molecular flexibility index (Phi) is 3.68. The molecule has 1 rings (SSSR count). The van der Waals surface area contributed by atoms with Crippen molar-refractivity contribution in [1.82, 2.24) is 14.1 Å². The molecular formula is C9H14ClN3O2. The Labute approximate surface area is 92.3 Å². The molecule has 0 saturated carbocycles. The molecule has 0 saturated heterocycles. The molecule has 5 nitrogen and oxygen atoms in total. The molecule has 0 radical (unpaired) electrons. The van der Waals surface area contributed by atoms with E-state index in [4.69, 9.17) is 11.6 Å². The quantitative estimate of drug-likeness (QED) is 0.695. The molecule has 0 N–H and O–H groups in total. The largest absolute Gasteiger partial charge is 0.353 e. The highest BCUT2D eigenvalue weighted by Gasteiger charge is 2.10. The van der Waals surface area contributed by atoms with Crippen LogP contribution in [0.4, 0.5) is 0 Å². The van der Waals surface area contributed by atoms with E-state index in [9.17, 15) is 9.59 Å². The Bertz CT molecular complexity index is 463. The van der Waals surface area contributed by atoms with Gasteiger partial charge in [-0.25, -0.2) is 14.2 Å². The zero-order valence-corrected chi connectivity index (χ0v) is 9.78. The number of hydrogen-bond donors (Lipinski definition) is 0. The van der Waals surface area contributed by atoms with Gasteiger partial charge in [0.05, 0.1) is 0 Å². The van der Waals surface area contributed by atoms with Crippen molar-refractivity contribution in [3.05, 3.63) is 26.8 Å². The van der Waals surface area contributed by atoms with Gasteiger partial charge >= 0.3 is 11.4 Å². The summed E-state index contributed by atoms with van der Waals surface area (Å²) in [5.74, 6) is 0.894. The van der Waals surface area contributed by atoms with Crippen LogP contribution in [0.2, 0.25) is 0 Å². The van der Waals surface area contributed by atoms with Gasteiger partial charge in [-0.15, -0.1) is 11.6 Å². The van der Waals surface area contributed by atoms with Crippen molar-refractivity contribution < 1.29 is 0 Å². The van der Waals surface area contributed by atoms with Gasteiger partial charge in [-0.05, 0) is 12.8 Å². The average Bonchev–Trinajstić information content (AvgIpc) is 2.21. The first-order valence-electron chi connectivity index (χ1n) is 4.67. The minimum absolute atomic E-state index is 0.0709. The molecular weight excluding hydrogens is 218 g/mol. The zero-order chi connectivity index (χ0) is 11.6. The normalized spacial score (nSPS) is 12.8. The Balaban J connectivity index is 3.25. The minimum atomic E-state index is -0.507. The van der Waals surface area contributed by atoms with Gasteiger partial charge in [-0.2, -0.15) is 4.98 Å². The highest BCUT2D eigenvalue weighted by Crippen LogP contribution is 1.98. The molecule has 1 aromatic heterocycles. The number of nitrogens with zero attached hydrogens (tertiary/aromatic N) is 3. The average molecular weight is 232 g/mol. The van der Waals surface area contributed by atoms with E-state index < -0.39 is 5.69 Å². The monoisotopic (exact) mass is 231 g/mol. The first-order chi connectivity index (χ1) is 6.97. The van der Waals surface area contributed by atoms with Crippen molar-refractivity contribution in [2.24, 2.45) is 13.0 Å². The number of alkyl halides is 1. The molecule has 6 heteroatoms. The van der Waals surface area contributed by atoms with Crippen molar-refractivity contribution in [3.63, 3.8) is 0 Å². The molecule has 1 atom stereocenters. The number of aromatic nitrogens is 3. The molecule has 0 bridgehead atoms. The standard InChI is InChI=1S/C9H14ClN3O2/c1-6(4-10)5-13-8(14)11-7(2)12(3)9(13)15/h6H,4-5H2,1-3H3. The van der Waals surface area contributed by atoms with Gasteiger partial charge in [0.2, 0.25) is 0 Å². The van der Waals surface area contributed by atoms with E-state index in [2.05, 4.69) is 4.98 Å². The zero-order valence-electron chi connectivity index (χ0n) is 9.03. The Morgan fingerprint density at radius 3 is 2.60 bits per heavy atom. The van der Waals surface area contributed by atoms with Gasteiger partial charge in [-0.1, -0.05) is 6.92 Å². The van der Waals surface area contributed by atoms with Crippen LogP contribution in [-0.4, -0.2) is 20.0 Å². The van der Waals surface area contributed by atoms with E-state index in [1.54, 1.807) is 14.0 Å². The Morgan fingerprint density at radius 1 is 1.47 bits per heavy atom. The third-order valence-corrected chi connectivity index (χ3v) is 2.78. The van der Waals surface area contributed by atoms with Crippen LogP contribution in [-0.2, 0) is 13.6 Å². The number of hydrogen-bond acceptors (Lipinski definition) is 3. The fourth-order valence-corrected chi connectivity index (χ4v) is 1.29. The molecule has 15 heavy (non-hydrogen) atoms. The third kappa shape index (κ3) is 2.47. The summed E-state index contributed by atoms with van der Waals surface area (Å²) in [6.07, 6.45) is 0. The molecule has 84 valence electrons. The van der Waals surface area contributed by atoms with E-state index in [1.165, 1.54) is 4.57 Å². The second-order valence-corrected chi connectivity index (χ2v) is 3.96. The highest BCUT2D eigenvalue weighted by molar-refractivity contribution is 6.18. The van der Waals surface area contributed by atoms with E-state index in [-0.39, 0.29) is 11.6 Å². The fraction of sp³-hybridized carbons (Fsp3) is 0.667. The Hall–Kier alpha value is -1.10. The molecule has 1 aromatic rings. The summed E-state index contributed by atoms with van der Waals surface area (Å²) in [6.45, 7) is 3.80. The van der Waals surface area contributed by atoms with Crippen LogP contribution in [0.25, 0.3) is 0 Å². The topological polar surface area (TPSA) is 56.9 Å². The molecule has 1 heterocycles. The van der Waals surface area contributed by atoms with E-state index >= 15 is 0 Å². The lowest BCUT2D eigenvalue weighted by Crippen LogP contribution is -2.43. The Morgan fingerprint density at radius 2 is 2.07 bits per heavy atom. The summed E-state index contributed by atoms with van der Waals surface area (Å²) in [6, 6.07) is 0. The van der Waals surface area contributed by atoms with Crippen LogP contribution in [0.15, 0.2) is 9.59 Å². The van der Waals surface area contributed by atoms with Gasteiger partial charge in [0, 0.05) is 19.5 Å². The maximum absolute atomic E-state index is 11.7. The van der Waals surface area contributed by atoms with Crippen LogP contribution in [0.5, 0.6) is 0 Å². The maximum Gasteiger partial charge on any atom is 0.353 e. The van der Waals surface area contributed by atoms with Crippen LogP contribution < -0.4 is 11.4 Å². The summed E-state index contributed by atoms with van der Waals surface area (Å²) in [5.41, 5.74) is -0.850.